The summed E-state index contributed by atoms with van der Waals surface area (Å²) in [5.41, 5.74) is 2.15. The molecule has 8 heteroatoms. The van der Waals surface area contributed by atoms with E-state index in [1.807, 2.05) is 48.6 Å². The van der Waals surface area contributed by atoms with Gasteiger partial charge < -0.3 is 19.9 Å². The number of carbonyl (C=O) groups is 1. The number of thiophene rings is 1. The highest BCUT2D eigenvalue weighted by atomic mass is 32.1. The van der Waals surface area contributed by atoms with Gasteiger partial charge in [-0.3, -0.25) is 9.78 Å². The monoisotopic (exact) mass is 454 g/mol. The second-order valence-electron chi connectivity index (χ2n) is 7.82. The van der Waals surface area contributed by atoms with Gasteiger partial charge in [-0.2, -0.15) is 0 Å². The van der Waals surface area contributed by atoms with Crippen LogP contribution in [0.1, 0.15) is 33.3 Å². The highest BCUT2D eigenvalue weighted by Gasteiger charge is 2.25. The van der Waals surface area contributed by atoms with Gasteiger partial charge in [0.25, 0.3) is 5.91 Å². The molecule has 1 aliphatic heterocycles. The summed E-state index contributed by atoms with van der Waals surface area (Å²) in [5, 5.41) is 5.11. The summed E-state index contributed by atoms with van der Waals surface area (Å²) in [5.74, 6) is -0.294. The van der Waals surface area contributed by atoms with Gasteiger partial charge in [-0.1, -0.05) is 12.1 Å². The molecule has 0 radical (unpaired) electrons. The van der Waals surface area contributed by atoms with Crippen LogP contribution in [0.25, 0.3) is 0 Å². The molecule has 0 aliphatic carbocycles. The normalized spacial score (nSPS) is 14.8. The number of rotatable bonds is 8. The highest BCUT2D eigenvalue weighted by Crippen LogP contribution is 2.30. The number of carbonyl (C=O) groups excluding carboxylic acids is 1. The molecule has 1 atom stereocenters. The molecule has 0 spiro atoms. The van der Waals surface area contributed by atoms with Gasteiger partial charge in [-0.05, 0) is 48.8 Å². The summed E-state index contributed by atoms with van der Waals surface area (Å²) in [6.45, 7) is 2.34. The third-order valence-electron chi connectivity index (χ3n) is 5.59. The van der Waals surface area contributed by atoms with Crippen LogP contribution in [0.2, 0.25) is 0 Å². The first-order valence-corrected chi connectivity index (χ1v) is 11.5. The van der Waals surface area contributed by atoms with Gasteiger partial charge in [0.2, 0.25) is 0 Å². The molecule has 0 bridgehead atoms. The molecule has 3 heterocycles. The molecule has 0 fully saturated rings. The Labute approximate surface area is 191 Å². The number of benzene rings is 1. The van der Waals surface area contributed by atoms with E-state index in [9.17, 15) is 9.18 Å². The number of aromatic nitrogens is 1. The van der Waals surface area contributed by atoms with Gasteiger partial charge in [-0.25, -0.2) is 4.39 Å². The fraction of sp³-hybridized carbons (Fsp3) is 0.333. The Kier molecular flexibility index (Phi) is 7.02. The predicted molar refractivity (Wildman–Crippen MR) is 125 cm³/mol. The number of hydrogen-bond acceptors (Lipinski definition) is 6. The van der Waals surface area contributed by atoms with E-state index < -0.39 is 5.82 Å². The molecule has 4 rings (SSSR count). The van der Waals surface area contributed by atoms with Crippen LogP contribution in [-0.2, 0) is 6.54 Å². The maximum atomic E-state index is 14.9. The fourth-order valence-electron chi connectivity index (χ4n) is 3.82. The Hall–Kier alpha value is -2.97. The van der Waals surface area contributed by atoms with Crippen LogP contribution in [0.15, 0.2) is 54.2 Å². The van der Waals surface area contributed by atoms with E-state index >= 15 is 0 Å². The summed E-state index contributed by atoms with van der Waals surface area (Å²) in [6.07, 6.45) is 3.81. The molecule has 1 aliphatic rings. The van der Waals surface area contributed by atoms with Crippen molar-refractivity contribution in [1.29, 1.82) is 0 Å². The van der Waals surface area contributed by atoms with Crippen molar-refractivity contribution in [2.75, 3.05) is 38.6 Å². The molecular formula is C24H27FN4O2S. The number of fused-ring (bicyclic) bond motifs is 1. The first kappa shape index (κ1) is 22.2. The van der Waals surface area contributed by atoms with E-state index in [0.29, 0.717) is 25.2 Å². The Balaban J connectivity index is 1.49. The molecule has 6 nitrogen and oxygen atoms in total. The zero-order chi connectivity index (χ0) is 22.5. The first-order chi connectivity index (χ1) is 15.6. The van der Waals surface area contributed by atoms with Gasteiger partial charge >= 0.3 is 0 Å². The second kappa shape index (κ2) is 10.1. The van der Waals surface area contributed by atoms with Crippen molar-refractivity contribution in [3.63, 3.8) is 0 Å². The Morgan fingerprint density at radius 1 is 1.28 bits per heavy atom. The van der Waals surface area contributed by atoms with Crippen LogP contribution in [0.3, 0.4) is 0 Å². The number of hydrogen-bond donors (Lipinski definition) is 1. The third-order valence-corrected chi connectivity index (χ3v) is 6.55. The summed E-state index contributed by atoms with van der Waals surface area (Å²) in [4.78, 5) is 22.0. The molecule has 1 N–H and O–H groups in total. The molecule has 0 saturated heterocycles. The van der Waals surface area contributed by atoms with Crippen molar-refractivity contribution >= 4 is 22.9 Å². The lowest BCUT2D eigenvalue weighted by Crippen LogP contribution is -2.33. The molecule has 32 heavy (non-hydrogen) atoms. The molecular weight excluding hydrogens is 427 g/mol. The van der Waals surface area contributed by atoms with Gasteiger partial charge in [0.15, 0.2) is 11.6 Å². The Morgan fingerprint density at radius 3 is 2.91 bits per heavy atom. The van der Waals surface area contributed by atoms with Gasteiger partial charge in [0.05, 0.1) is 11.3 Å². The number of likely N-dealkylation sites (N-methyl/N-ethyl adjacent to an activating group) is 1. The van der Waals surface area contributed by atoms with Crippen LogP contribution in [-0.4, -0.2) is 49.5 Å². The zero-order valence-corrected chi connectivity index (χ0v) is 19.1. The maximum Gasteiger partial charge on any atom is 0.257 e. The topological polar surface area (TPSA) is 57.7 Å². The average molecular weight is 455 g/mol. The second-order valence-corrected chi connectivity index (χ2v) is 8.80. The summed E-state index contributed by atoms with van der Waals surface area (Å²) in [7, 11) is 3.84. The fourth-order valence-corrected chi connectivity index (χ4v) is 4.61. The predicted octanol–water partition coefficient (Wildman–Crippen LogP) is 4.10. The molecule has 1 amide bonds. The number of anilines is 1. The van der Waals surface area contributed by atoms with Gasteiger partial charge in [0.1, 0.15) is 6.10 Å². The number of amides is 1. The van der Waals surface area contributed by atoms with Crippen LogP contribution in [0.5, 0.6) is 5.75 Å². The van der Waals surface area contributed by atoms with Crippen LogP contribution in [0.4, 0.5) is 10.1 Å². The molecule has 168 valence electrons. The minimum atomic E-state index is -0.421. The lowest BCUT2D eigenvalue weighted by Gasteiger charge is -2.22. The molecule has 0 saturated carbocycles. The SMILES string of the molecule is CNCC[C@H](Oc1ccc(CN2CCN(C)c3ccncc3C2=O)cc1F)c1cccs1. The smallest absolute Gasteiger partial charge is 0.257 e. The number of halogens is 1. The van der Waals surface area contributed by atoms with Gasteiger partial charge in [0, 0.05) is 50.4 Å². The van der Waals surface area contributed by atoms with E-state index in [4.69, 9.17) is 4.74 Å². The van der Waals surface area contributed by atoms with Crippen molar-refractivity contribution in [3.05, 3.63) is 76.0 Å². The van der Waals surface area contributed by atoms with Crippen molar-refractivity contribution in [3.8, 4) is 5.75 Å². The van der Waals surface area contributed by atoms with Crippen LogP contribution < -0.4 is 15.0 Å². The van der Waals surface area contributed by atoms with E-state index in [0.717, 1.165) is 29.1 Å². The quantitative estimate of drug-likeness (QED) is 0.555. The van der Waals surface area contributed by atoms with Crippen molar-refractivity contribution < 1.29 is 13.9 Å². The van der Waals surface area contributed by atoms with Crippen molar-refractivity contribution in [1.82, 2.24) is 15.2 Å². The summed E-state index contributed by atoms with van der Waals surface area (Å²) < 4.78 is 21.0. The van der Waals surface area contributed by atoms with E-state index in [2.05, 4.69) is 10.3 Å². The lowest BCUT2D eigenvalue weighted by molar-refractivity contribution is 0.0754. The molecule has 1 aromatic carbocycles. The number of ether oxygens (including phenoxy) is 1. The molecule has 2 aromatic heterocycles. The van der Waals surface area contributed by atoms with Crippen molar-refractivity contribution in [2.24, 2.45) is 0 Å². The summed E-state index contributed by atoms with van der Waals surface area (Å²) >= 11 is 1.60. The number of pyridine rings is 1. The lowest BCUT2D eigenvalue weighted by atomic mass is 10.1. The van der Waals surface area contributed by atoms with Crippen LogP contribution >= 0.6 is 11.3 Å². The molecule has 0 unspecified atom stereocenters. The average Bonchev–Trinajstić information content (AvgIpc) is 3.31. The minimum absolute atomic E-state index is 0.0944. The van der Waals surface area contributed by atoms with Crippen molar-refractivity contribution in [2.45, 2.75) is 19.1 Å². The number of nitrogens with zero attached hydrogens (tertiary/aromatic N) is 3. The zero-order valence-electron chi connectivity index (χ0n) is 18.3. The first-order valence-electron chi connectivity index (χ1n) is 10.6. The number of nitrogens with one attached hydrogen (secondary N) is 1. The summed E-state index contributed by atoms with van der Waals surface area (Å²) in [6, 6.07) is 10.8. The minimum Gasteiger partial charge on any atom is -0.482 e. The van der Waals surface area contributed by atoms with Crippen LogP contribution in [0, 0.1) is 5.82 Å². The maximum absolute atomic E-state index is 14.9. The molecule has 3 aromatic rings. The van der Waals surface area contributed by atoms with E-state index in [-0.39, 0.29) is 17.8 Å². The highest BCUT2D eigenvalue weighted by molar-refractivity contribution is 7.10. The largest absolute Gasteiger partial charge is 0.482 e. The van der Waals surface area contributed by atoms with E-state index in [1.54, 1.807) is 34.7 Å². The van der Waals surface area contributed by atoms with Gasteiger partial charge in [-0.15, -0.1) is 11.3 Å². The standard InChI is InChI=1S/C24H27FN4O2S/c1-26-9-8-22(23-4-3-13-32-23)31-21-6-5-17(14-19(21)25)16-29-12-11-28(2)20-7-10-27-15-18(20)24(29)30/h3-7,10,13-15,22,26H,8-9,11-12,16H2,1-2H3/t22-/m0/s1. The third kappa shape index (κ3) is 4.92. The Bertz CT molecular complexity index is 1060. The van der Waals surface area contributed by atoms with E-state index in [1.165, 1.54) is 6.07 Å². The Morgan fingerprint density at radius 2 is 2.16 bits per heavy atom.